The van der Waals surface area contributed by atoms with Gasteiger partial charge >= 0.3 is 0 Å². The lowest BCUT2D eigenvalue weighted by Gasteiger charge is -2.17. The summed E-state index contributed by atoms with van der Waals surface area (Å²) < 4.78 is 4.81. The topological polar surface area (TPSA) is 63.6 Å². The molecule has 76 valence electrons. The van der Waals surface area contributed by atoms with Gasteiger partial charge in [-0.15, -0.1) is 0 Å². The van der Waals surface area contributed by atoms with Gasteiger partial charge in [0, 0.05) is 11.1 Å². The summed E-state index contributed by atoms with van der Waals surface area (Å²) in [4.78, 5) is 23.2. The molecule has 4 heteroatoms. The molecular formula is C10H12O4. The first-order valence-electron chi connectivity index (χ1n) is 4.19. The van der Waals surface area contributed by atoms with Crippen LogP contribution >= 0.6 is 0 Å². The number of aliphatic hydroxyl groups excluding tert-OH is 1. The molecule has 0 saturated carbocycles. The Hall–Kier alpha value is -1.42. The van der Waals surface area contributed by atoms with Crippen LogP contribution in [0.2, 0.25) is 0 Å². The van der Waals surface area contributed by atoms with E-state index in [0.29, 0.717) is 11.1 Å². The highest BCUT2D eigenvalue weighted by Crippen LogP contribution is 2.24. The van der Waals surface area contributed by atoms with Crippen molar-refractivity contribution >= 4 is 11.6 Å². The molecule has 14 heavy (non-hydrogen) atoms. The fourth-order valence-corrected chi connectivity index (χ4v) is 1.34. The van der Waals surface area contributed by atoms with E-state index in [4.69, 9.17) is 9.84 Å². The summed E-state index contributed by atoms with van der Waals surface area (Å²) >= 11 is 0. The van der Waals surface area contributed by atoms with Crippen molar-refractivity contribution in [1.29, 1.82) is 0 Å². The Balaban J connectivity index is 3.31. The van der Waals surface area contributed by atoms with Crippen LogP contribution in [0.15, 0.2) is 22.5 Å². The predicted octanol–water partition coefficient (Wildman–Crippen LogP) is 0.367. The van der Waals surface area contributed by atoms with Crippen LogP contribution in [0.1, 0.15) is 13.8 Å². The van der Waals surface area contributed by atoms with Crippen LogP contribution in [0, 0.1) is 0 Å². The zero-order valence-electron chi connectivity index (χ0n) is 8.38. The Kier molecular flexibility index (Phi) is 2.86. The number of hydrogen-bond donors (Lipinski definition) is 1. The van der Waals surface area contributed by atoms with E-state index < -0.39 is 6.61 Å². The monoisotopic (exact) mass is 196 g/mol. The van der Waals surface area contributed by atoms with Crippen molar-refractivity contribution in [3.05, 3.63) is 22.5 Å². The molecule has 1 aliphatic carbocycles. The van der Waals surface area contributed by atoms with E-state index in [9.17, 15) is 9.59 Å². The number of allylic oxidation sites excluding steroid dienone is 2. The largest absolute Gasteiger partial charge is 0.492 e. The molecular weight excluding hydrogens is 184 g/mol. The Morgan fingerprint density at radius 2 is 1.64 bits per heavy atom. The highest BCUT2D eigenvalue weighted by Gasteiger charge is 2.30. The second-order valence-electron chi connectivity index (χ2n) is 3.08. The van der Waals surface area contributed by atoms with E-state index in [1.165, 1.54) is 7.11 Å². The zero-order valence-corrected chi connectivity index (χ0v) is 8.38. The predicted molar refractivity (Wildman–Crippen MR) is 49.5 cm³/mol. The first-order valence-corrected chi connectivity index (χ1v) is 4.19. The van der Waals surface area contributed by atoms with E-state index >= 15 is 0 Å². The molecule has 0 aromatic rings. The van der Waals surface area contributed by atoms with Crippen LogP contribution in [0.5, 0.6) is 0 Å². The van der Waals surface area contributed by atoms with Gasteiger partial charge in [-0.05, 0) is 13.8 Å². The summed E-state index contributed by atoms with van der Waals surface area (Å²) in [6.45, 7) is 2.67. The van der Waals surface area contributed by atoms with Crippen molar-refractivity contribution in [1.82, 2.24) is 0 Å². The SMILES string of the molecule is COC1=C(CO)C(=O)C(C)=C(C)C1=O. The zero-order chi connectivity index (χ0) is 10.9. The minimum Gasteiger partial charge on any atom is -0.492 e. The van der Waals surface area contributed by atoms with Gasteiger partial charge in [0.2, 0.25) is 5.78 Å². The quantitative estimate of drug-likeness (QED) is 0.648. The lowest BCUT2D eigenvalue weighted by molar-refractivity contribution is -0.119. The molecule has 4 nitrogen and oxygen atoms in total. The lowest BCUT2D eigenvalue weighted by Crippen LogP contribution is -2.24. The molecule has 0 amide bonds. The van der Waals surface area contributed by atoms with Crippen molar-refractivity contribution in [3.8, 4) is 0 Å². The number of rotatable bonds is 2. The molecule has 0 saturated heterocycles. The molecule has 0 spiro atoms. The van der Waals surface area contributed by atoms with Crippen molar-refractivity contribution in [3.63, 3.8) is 0 Å². The van der Waals surface area contributed by atoms with Crippen molar-refractivity contribution < 1.29 is 19.4 Å². The van der Waals surface area contributed by atoms with Crippen LogP contribution in [0.25, 0.3) is 0 Å². The molecule has 0 radical (unpaired) electrons. The summed E-state index contributed by atoms with van der Waals surface area (Å²) in [7, 11) is 1.31. The van der Waals surface area contributed by atoms with E-state index in [2.05, 4.69) is 0 Å². The molecule has 1 N–H and O–H groups in total. The van der Waals surface area contributed by atoms with Gasteiger partial charge in [-0.1, -0.05) is 0 Å². The third-order valence-electron chi connectivity index (χ3n) is 2.36. The number of methoxy groups -OCH3 is 1. The van der Waals surface area contributed by atoms with Gasteiger partial charge in [-0.25, -0.2) is 0 Å². The van der Waals surface area contributed by atoms with E-state index in [1.54, 1.807) is 13.8 Å². The maximum Gasteiger partial charge on any atom is 0.224 e. The minimum atomic E-state index is -0.474. The average Bonchev–Trinajstić information content (AvgIpc) is 2.20. The van der Waals surface area contributed by atoms with Gasteiger partial charge in [0.15, 0.2) is 11.5 Å². The van der Waals surface area contributed by atoms with Crippen LogP contribution < -0.4 is 0 Å². The Bertz CT molecular complexity index is 326. The second kappa shape index (κ2) is 3.75. The van der Waals surface area contributed by atoms with Gasteiger partial charge in [-0.2, -0.15) is 0 Å². The molecule has 0 atom stereocenters. The maximum atomic E-state index is 11.6. The van der Waals surface area contributed by atoms with E-state index in [-0.39, 0.29) is 22.9 Å². The highest BCUT2D eigenvalue weighted by molar-refractivity contribution is 6.24. The molecule has 0 fully saturated rings. The van der Waals surface area contributed by atoms with Gasteiger partial charge in [-0.3, -0.25) is 9.59 Å². The smallest absolute Gasteiger partial charge is 0.224 e. The number of Topliss-reactive ketones (excluding diaryl/α,β-unsaturated/α-hetero) is 2. The van der Waals surface area contributed by atoms with E-state index in [1.807, 2.05) is 0 Å². The molecule has 1 rings (SSSR count). The number of carbonyl (C=O) groups is 2. The first-order chi connectivity index (χ1) is 6.54. The second-order valence-corrected chi connectivity index (χ2v) is 3.08. The maximum absolute atomic E-state index is 11.6. The van der Waals surface area contributed by atoms with Crippen molar-refractivity contribution in [2.45, 2.75) is 13.8 Å². The average molecular weight is 196 g/mol. The lowest BCUT2D eigenvalue weighted by atomic mass is 9.90. The van der Waals surface area contributed by atoms with Gasteiger partial charge in [0.05, 0.1) is 19.3 Å². The summed E-state index contributed by atoms with van der Waals surface area (Å²) in [5.74, 6) is -0.685. The first kappa shape index (κ1) is 10.7. The fraction of sp³-hybridized carbons (Fsp3) is 0.400. The molecule has 0 aromatic heterocycles. The van der Waals surface area contributed by atoms with Crippen LogP contribution in [-0.2, 0) is 14.3 Å². The van der Waals surface area contributed by atoms with Crippen molar-refractivity contribution in [2.24, 2.45) is 0 Å². The van der Waals surface area contributed by atoms with Gasteiger partial charge in [0.25, 0.3) is 0 Å². The number of ketones is 2. The molecule has 0 bridgehead atoms. The minimum absolute atomic E-state index is 0.0411. The Morgan fingerprint density at radius 3 is 2.07 bits per heavy atom. The van der Waals surface area contributed by atoms with Crippen LogP contribution in [-0.4, -0.2) is 30.4 Å². The van der Waals surface area contributed by atoms with Gasteiger partial charge < -0.3 is 9.84 Å². The molecule has 0 aromatic carbocycles. The molecule has 0 aliphatic heterocycles. The van der Waals surface area contributed by atoms with Crippen LogP contribution in [0.4, 0.5) is 0 Å². The Morgan fingerprint density at radius 1 is 1.14 bits per heavy atom. The van der Waals surface area contributed by atoms with Crippen LogP contribution in [0.3, 0.4) is 0 Å². The molecule has 0 heterocycles. The number of ether oxygens (including phenoxy) is 1. The highest BCUT2D eigenvalue weighted by atomic mass is 16.5. The summed E-state index contributed by atoms with van der Waals surface area (Å²) in [5.41, 5.74) is 0.796. The number of hydrogen-bond acceptors (Lipinski definition) is 4. The normalized spacial score (nSPS) is 18.0. The van der Waals surface area contributed by atoms with Crippen molar-refractivity contribution in [2.75, 3.05) is 13.7 Å². The standard InChI is InChI=1S/C10H12O4/c1-5-6(2)9(13)10(14-3)7(4-11)8(5)12/h11H,4H2,1-3H3. The Labute approximate surface area is 81.9 Å². The fourth-order valence-electron chi connectivity index (χ4n) is 1.34. The number of aliphatic hydroxyl groups is 1. The molecule has 1 aliphatic rings. The summed E-state index contributed by atoms with van der Waals surface area (Å²) in [6, 6.07) is 0. The van der Waals surface area contributed by atoms with Gasteiger partial charge in [0.1, 0.15) is 0 Å². The third kappa shape index (κ3) is 1.37. The summed E-state index contributed by atoms with van der Waals surface area (Å²) in [6.07, 6.45) is 0. The molecule has 0 unspecified atom stereocenters. The third-order valence-corrected chi connectivity index (χ3v) is 2.36. The number of carbonyl (C=O) groups excluding carboxylic acids is 2. The summed E-state index contributed by atoms with van der Waals surface area (Å²) in [5, 5.41) is 8.95. The van der Waals surface area contributed by atoms with E-state index in [0.717, 1.165) is 0 Å².